The summed E-state index contributed by atoms with van der Waals surface area (Å²) in [5.74, 6) is -0.209. The number of aromatic nitrogens is 3. The Morgan fingerprint density at radius 2 is 1.97 bits per heavy atom. The summed E-state index contributed by atoms with van der Waals surface area (Å²) in [6.07, 6.45) is 3.08. The molecule has 0 saturated heterocycles. The maximum atomic E-state index is 13.0. The summed E-state index contributed by atoms with van der Waals surface area (Å²) < 4.78 is 24.0. The number of benzene rings is 2. The molecule has 0 unspecified atom stereocenters. The van der Waals surface area contributed by atoms with Crippen LogP contribution in [0.2, 0.25) is 0 Å². The molecule has 4 rings (SSSR count). The van der Waals surface area contributed by atoms with Gasteiger partial charge in [-0.3, -0.25) is 4.79 Å². The van der Waals surface area contributed by atoms with Gasteiger partial charge in [-0.05, 0) is 55.7 Å². The number of H-pyrrole nitrogens is 1. The third kappa shape index (κ3) is 4.34. The van der Waals surface area contributed by atoms with Crippen molar-refractivity contribution in [1.29, 1.82) is 0 Å². The number of rotatable bonds is 7. The average molecular weight is 393 g/mol. The lowest BCUT2D eigenvalue weighted by molar-refractivity contribution is -0.149. The minimum atomic E-state index is -0.655. The Hall–Kier alpha value is -3.48. The van der Waals surface area contributed by atoms with E-state index < -0.39 is 6.10 Å². The molecule has 0 aliphatic heterocycles. The number of carbonyl (C=O) groups is 1. The number of nitrogens with zero attached hydrogens (tertiary/aromatic N) is 2. The van der Waals surface area contributed by atoms with Crippen LogP contribution in [0.3, 0.4) is 0 Å². The van der Waals surface area contributed by atoms with Crippen LogP contribution in [0.4, 0.5) is 4.39 Å². The number of carbonyl (C=O) groups excluding carboxylic acids is 1. The fourth-order valence-corrected chi connectivity index (χ4v) is 3.18. The van der Waals surface area contributed by atoms with Gasteiger partial charge in [-0.15, -0.1) is 10.2 Å². The van der Waals surface area contributed by atoms with Crippen molar-refractivity contribution in [2.75, 3.05) is 0 Å². The molecule has 2 heterocycles. The molecule has 2 aromatic heterocycles. The largest absolute Gasteiger partial charge is 0.453 e. The molecule has 148 valence electrons. The van der Waals surface area contributed by atoms with E-state index in [2.05, 4.69) is 21.2 Å². The van der Waals surface area contributed by atoms with Crippen molar-refractivity contribution in [3.05, 3.63) is 72.0 Å². The molecule has 0 spiro atoms. The lowest BCUT2D eigenvalue weighted by atomic mass is 10.1. The van der Waals surface area contributed by atoms with Crippen LogP contribution in [0, 0.1) is 5.82 Å². The van der Waals surface area contributed by atoms with Crippen LogP contribution in [0.1, 0.15) is 37.3 Å². The Kier molecular flexibility index (Phi) is 5.37. The first-order valence-electron chi connectivity index (χ1n) is 9.44. The average Bonchev–Trinajstić information content (AvgIpc) is 3.36. The Balaban J connectivity index is 1.30. The second kappa shape index (κ2) is 8.26. The quantitative estimate of drug-likeness (QED) is 0.448. The van der Waals surface area contributed by atoms with E-state index in [4.69, 9.17) is 9.15 Å². The molecule has 0 saturated carbocycles. The van der Waals surface area contributed by atoms with Crippen molar-refractivity contribution >= 4 is 16.9 Å². The standard InChI is InChI=1S/C22H20FN3O3/c1-14(21-25-26-22(29-21)15-9-11-17(23)12-10-15)28-20(27)8-4-5-16-13-24-19-7-3-2-6-18(16)19/h2-3,6-7,9-14,24H,4-5,8H2,1H3/t14-/m0/s1. The van der Waals surface area contributed by atoms with Crippen LogP contribution in [0.25, 0.3) is 22.4 Å². The lowest BCUT2D eigenvalue weighted by Gasteiger charge is -2.09. The molecule has 0 amide bonds. The van der Waals surface area contributed by atoms with Gasteiger partial charge in [-0.1, -0.05) is 18.2 Å². The highest BCUT2D eigenvalue weighted by atomic mass is 19.1. The zero-order chi connectivity index (χ0) is 20.2. The normalized spacial score (nSPS) is 12.2. The van der Waals surface area contributed by atoms with Crippen molar-refractivity contribution in [1.82, 2.24) is 15.2 Å². The van der Waals surface area contributed by atoms with Crippen LogP contribution in [0.5, 0.6) is 0 Å². The van der Waals surface area contributed by atoms with E-state index in [0.29, 0.717) is 18.4 Å². The third-order valence-corrected chi connectivity index (χ3v) is 4.69. The fraction of sp³-hybridized carbons (Fsp3) is 0.227. The predicted octanol–water partition coefficient (Wildman–Crippen LogP) is 4.98. The summed E-state index contributed by atoms with van der Waals surface area (Å²) in [4.78, 5) is 15.4. The molecule has 7 heteroatoms. The second-order valence-electron chi connectivity index (χ2n) is 6.80. The second-order valence-corrected chi connectivity index (χ2v) is 6.80. The van der Waals surface area contributed by atoms with E-state index in [9.17, 15) is 9.18 Å². The van der Waals surface area contributed by atoms with Gasteiger partial charge in [0.2, 0.25) is 5.89 Å². The number of halogens is 1. The van der Waals surface area contributed by atoms with Crippen molar-refractivity contribution < 1.29 is 18.3 Å². The molecule has 0 radical (unpaired) electrons. The van der Waals surface area contributed by atoms with Gasteiger partial charge in [0.1, 0.15) is 5.82 Å². The number of nitrogens with one attached hydrogen (secondary N) is 1. The van der Waals surface area contributed by atoms with Crippen LogP contribution < -0.4 is 0 Å². The Morgan fingerprint density at radius 1 is 1.17 bits per heavy atom. The van der Waals surface area contributed by atoms with Gasteiger partial charge < -0.3 is 14.1 Å². The zero-order valence-corrected chi connectivity index (χ0v) is 15.9. The Labute approximate surface area is 166 Å². The van der Waals surface area contributed by atoms with E-state index in [0.717, 1.165) is 11.9 Å². The summed E-state index contributed by atoms with van der Waals surface area (Å²) in [5, 5.41) is 9.04. The molecule has 29 heavy (non-hydrogen) atoms. The SMILES string of the molecule is C[C@H](OC(=O)CCCc1c[nH]c2ccccc12)c1nnc(-c2ccc(F)cc2)o1. The molecule has 4 aromatic rings. The van der Waals surface area contributed by atoms with E-state index in [-0.39, 0.29) is 23.6 Å². The van der Waals surface area contributed by atoms with Gasteiger partial charge in [-0.25, -0.2) is 4.39 Å². The van der Waals surface area contributed by atoms with Gasteiger partial charge in [-0.2, -0.15) is 0 Å². The highest BCUT2D eigenvalue weighted by Crippen LogP contribution is 2.23. The summed E-state index contributed by atoms with van der Waals surface area (Å²) in [7, 11) is 0. The smallest absolute Gasteiger partial charge is 0.306 e. The van der Waals surface area contributed by atoms with Gasteiger partial charge in [0.15, 0.2) is 6.10 Å². The number of hydrogen-bond acceptors (Lipinski definition) is 5. The number of hydrogen-bond donors (Lipinski definition) is 1. The first kappa shape index (κ1) is 18.9. The first-order chi connectivity index (χ1) is 14.1. The number of fused-ring (bicyclic) bond motifs is 1. The molecular weight excluding hydrogens is 373 g/mol. The Bertz CT molecular complexity index is 1120. The topological polar surface area (TPSA) is 81.0 Å². The first-order valence-corrected chi connectivity index (χ1v) is 9.44. The Morgan fingerprint density at radius 3 is 2.79 bits per heavy atom. The number of esters is 1. The molecule has 1 atom stereocenters. The van der Waals surface area contributed by atoms with Crippen molar-refractivity contribution in [3.63, 3.8) is 0 Å². The van der Waals surface area contributed by atoms with Crippen molar-refractivity contribution in [2.45, 2.75) is 32.3 Å². The summed E-state index contributed by atoms with van der Waals surface area (Å²) in [6, 6.07) is 13.8. The molecule has 0 aliphatic rings. The number of ether oxygens (including phenoxy) is 1. The highest BCUT2D eigenvalue weighted by Gasteiger charge is 2.19. The molecule has 0 bridgehead atoms. The lowest BCUT2D eigenvalue weighted by Crippen LogP contribution is -2.09. The third-order valence-electron chi connectivity index (χ3n) is 4.69. The van der Waals surface area contributed by atoms with E-state index in [1.54, 1.807) is 19.1 Å². The van der Waals surface area contributed by atoms with Crippen LogP contribution >= 0.6 is 0 Å². The fourth-order valence-electron chi connectivity index (χ4n) is 3.18. The number of aromatic amines is 1. The van der Waals surface area contributed by atoms with Crippen molar-refractivity contribution in [3.8, 4) is 11.5 Å². The van der Waals surface area contributed by atoms with Crippen molar-refractivity contribution in [2.24, 2.45) is 0 Å². The highest BCUT2D eigenvalue weighted by molar-refractivity contribution is 5.83. The molecule has 0 aliphatic carbocycles. The zero-order valence-electron chi connectivity index (χ0n) is 15.9. The summed E-state index contributed by atoms with van der Waals surface area (Å²) in [6.45, 7) is 1.68. The maximum Gasteiger partial charge on any atom is 0.306 e. The minimum Gasteiger partial charge on any atom is -0.453 e. The van der Waals surface area contributed by atoms with E-state index in [1.807, 2.05) is 24.4 Å². The number of aryl methyl sites for hydroxylation is 1. The van der Waals surface area contributed by atoms with Gasteiger partial charge in [0.05, 0.1) is 0 Å². The maximum absolute atomic E-state index is 13.0. The molecule has 1 N–H and O–H groups in total. The predicted molar refractivity (Wildman–Crippen MR) is 105 cm³/mol. The van der Waals surface area contributed by atoms with E-state index >= 15 is 0 Å². The van der Waals surface area contributed by atoms with Gasteiger partial charge in [0.25, 0.3) is 5.89 Å². The van der Waals surface area contributed by atoms with Crippen LogP contribution in [-0.2, 0) is 16.0 Å². The molecule has 0 fully saturated rings. The molecule has 2 aromatic carbocycles. The summed E-state index contributed by atoms with van der Waals surface area (Å²) >= 11 is 0. The molecule has 6 nitrogen and oxygen atoms in total. The monoisotopic (exact) mass is 393 g/mol. The van der Waals surface area contributed by atoms with Gasteiger partial charge in [0, 0.05) is 29.1 Å². The van der Waals surface area contributed by atoms with Crippen LogP contribution in [0.15, 0.2) is 59.1 Å². The van der Waals surface area contributed by atoms with Crippen LogP contribution in [-0.4, -0.2) is 21.2 Å². The van der Waals surface area contributed by atoms with Gasteiger partial charge >= 0.3 is 5.97 Å². The van der Waals surface area contributed by atoms with E-state index in [1.165, 1.54) is 23.1 Å². The summed E-state index contributed by atoms with van der Waals surface area (Å²) in [5.41, 5.74) is 2.87. The minimum absolute atomic E-state index is 0.203. The molecular formula is C22H20FN3O3. The number of para-hydroxylation sites is 1.